The van der Waals surface area contributed by atoms with Gasteiger partial charge in [-0.25, -0.2) is 9.59 Å². The summed E-state index contributed by atoms with van der Waals surface area (Å²) < 4.78 is 5.50. The number of carboxylic acid groups (broad SMARTS) is 1. The van der Waals surface area contributed by atoms with E-state index >= 15 is 0 Å². The number of hydrogen-bond acceptors (Lipinski definition) is 6. The molecule has 2 atom stereocenters. The Hall–Kier alpha value is -4.90. The lowest BCUT2D eigenvalue weighted by molar-refractivity contribution is -0.136. The van der Waals surface area contributed by atoms with Gasteiger partial charge in [0, 0.05) is 24.3 Å². The summed E-state index contributed by atoms with van der Waals surface area (Å²) in [5, 5.41) is 23.5. The van der Waals surface area contributed by atoms with E-state index in [0.29, 0.717) is 40.5 Å². The highest BCUT2D eigenvalue weighted by Crippen LogP contribution is 2.27. The summed E-state index contributed by atoms with van der Waals surface area (Å²) in [4.78, 5) is 50.1. The van der Waals surface area contributed by atoms with Crippen molar-refractivity contribution in [3.63, 3.8) is 0 Å². The largest absolute Gasteiger partial charge is 0.495 e. The summed E-state index contributed by atoms with van der Waals surface area (Å²) >= 11 is 0. The van der Waals surface area contributed by atoms with Crippen LogP contribution in [0.15, 0.2) is 66.7 Å². The van der Waals surface area contributed by atoms with Gasteiger partial charge in [0.1, 0.15) is 5.75 Å². The Morgan fingerprint density at radius 2 is 1.63 bits per heavy atom. The Kier molecular flexibility index (Phi) is 10.7. The van der Waals surface area contributed by atoms with E-state index in [1.807, 2.05) is 31.2 Å². The molecule has 2 unspecified atom stereocenters. The fourth-order valence-corrected chi connectivity index (χ4v) is 5.06. The number of amides is 4. The first-order chi connectivity index (χ1) is 20.7. The quantitative estimate of drug-likeness (QED) is 0.192. The minimum absolute atomic E-state index is 0.0530. The van der Waals surface area contributed by atoms with Crippen molar-refractivity contribution in [3.8, 4) is 5.75 Å². The maximum atomic E-state index is 13.6. The van der Waals surface area contributed by atoms with Crippen LogP contribution in [0.4, 0.5) is 26.7 Å². The van der Waals surface area contributed by atoms with Crippen LogP contribution in [-0.2, 0) is 22.4 Å². The van der Waals surface area contributed by atoms with Crippen molar-refractivity contribution in [2.24, 2.45) is 5.92 Å². The van der Waals surface area contributed by atoms with Gasteiger partial charge in [0.05, 0.1) is 25.3 Å². The van der Waals surface area contributed by atoms with E-state index in [2.05, 4.69) is 26.6 Å². The van der Waals surface area contributed by atoms with E-state index < -0.39 is 24.1 Å². The third kappa shape index (κ3) is 9.04. The van der Waals surface area contributed by atoms with Gasteiger partial charge in [-0.1, -0.05) is 36.4 Å². The zero-order chi connectivity index (χ0) is 30.8. The van der Waals surface area contributed by atoms with Crippen LogP contribution in [0, 0.1) is 12.8 Å². The Morgan fingerprint density at radius 1 is 0.907 bits per heavy atom. The van der Waals surface area contributed by atoms with Gasteiger partial charge >= 0.3 is 18.0 Å². The minimum Gasteiger partial charge on any atom is -0.495 e. The van der Waals surface area contributed by atoms with E-state index in [9.17, 15) is 19.2 Å². The molecule has 1 heterocycles. The van der Waals surface area contributed by atoms with Crippen LogP contribution >= 0.6 is 0 Å². The van der Waals surface area contributed by atoms with Crippen LogP contribution in [0.2, 0.25) is 0 Å². The predicted molar refractivity (Wildman–Crippen MR) is 165 cm³/mol. The van der Waals surface area contributed by atoms with Gasteiger partial charge in [-0.15, -0.1) is 0 Å². The molecule has 1 fully saturated rings. The molecule has 0 bridgehead atoms. The Labute approximate surface area is 250 Å². The monoisotopic (exact) mass is 587 g/mol. The normalized spacial score (nSPS) is 15.1. The highest BCUT2D eigenvalue weighted by atomic mass is 16.5. The van der Waals surface area contributed by atoms with E-state index in [4.69, 9.17) is 9.84 Å². The lowest BCUT2D eigenvalue weighted by atomic mass is 9.87. The number of benzene rings is 3. The number of anilines is 3. The van der Waals surface area contributed by atoms with Crippen molar-refractivity contribution < 1.29 is 29.0 Å². The molecule has 0 aromatic heterocycles. The number of carboxylic acids is 1. The summed E-state index contributed by atoms with van der Waals surface area (Å²) in [7, 11) is 1.49. The van der Waals surface area contributed by atoms with Crippen LogP contribution in [0.25, 0.3) is 0 Å². The molecule has 1 aliphatic rings. The van der Waals surface area contributed by atoms with Crippen LogP contribution in [0.5, 0.6) is 5.75 Å². The number of hydrogen-bond donors (Lipinski definition) is 6. The molecule has 1 aliphatic heterocycles. The molecule has 0 spiro atoms. The van der Waals surface area contributed by atoms with Crippen molar-refractivity contribution in [1.29, 1.82) is 0 Å². The number of carbonyl (C=O) groups excluding carboxylic acids is 3. The second kappa shape index (κ2) is 14.8. The molecule has 4 rings (SSSR count). The predicted octanol–water partition coefficient (Wildman–Crippen LogP) is 4.58. The number of ketones is 1. The van der Waals surface area contributed by atoms with Gasteiger partial charge in [0.15, 0.2) is 5.78 Å². The lowest BCUT2D eigenvalue weighted by Gasteiger charge is -2.30. The molecule has 0 radical (unpaired) electrons. The first-order valence-corrected chi connectivity index (χ1v) is 14.1. The third-order valence-electron chi connectivity index (χ3n) is 7.29. The van der Waals surface area contributed by atoms with Crippen molar-refractivity contribution in [2.75, 3.05) is 36.1 Å². The van der Waals surface area contributed by atoms with Crippen LogP contribution in [0.1, 0.15) is 29.5 Å². The molecule has 1 saturated heterocycles. The van der Waals surface area contributed by atoms with Gasteiger partial charge in [-0.05, 0) is 79.3 Å². The van der Waals surface area contributed by atoms with Gasteiger partial charge in [0.25, 0.3) is 0 Å². The summed E-state index contributed by atoms with van der Waals surface area (Å²) in [6.07, 6.45) is 1.62. The Bertz CT molecular complexity index is 1450. The van der Waals surface area contributed by atoms with E-state index in [1.165, 1.54) is 7.11 Å². The standard InChI is InChI=1S/C32H37N5O6/c1-20-6-3-4-8-25(20)35-32(42)36-26-14-11-22(17-28(26)43-2)16-27(38)30(23-7-5-15-33-19-23)37-31(41)34-24-12-9-21(10-13-24)18-29(39)40/h3-4,6,8-14,17,23,30,33H,5,7,15-16,18-19H2,1-2H3,(H,39,40)(H2,34,37,41)(H2,35,36,42). The SMILES string of the molecule is COc1cc(CC(=O)C(NC(=O)Nc2ccc(CC(=O)O)cc2)C2CCCNC2)ccc1NC(=O)Nc1ccccc1C. The van der Waals surface area contributed by atoms with Crippen LogP contribution < -0.4 is 31.3 Å². The van der Waals surface area contributed by atoms with Crippen LogP contribution in [-0.4, -0.2) is 55.2 Å². The van der Waals surface area contributed by atoms with E-state index in [0.717, 1.165) is 24.9 Å². The van der Waals surface area contributed by atoms with Crippen LogP contribution in [0.3, 0.4) is 0 Å². The Balaban J connectivity index is 1.42. The second-order valence-electron chi connectivity index (χ2n) is 10.5. The fourth-order valence-electron chi connectivity index (χ4n) is 5.06. The highest BCUT2D eigenvalue weighted by Gasteiger charge is 2.31. The fraction of sp³-hybridized carbons (Fsp3) is 0.312. The van der Waals surface area contributed by atoms with Crippen molar-refractivity contribution >= 4 is 40.9 Å². The molecule has 4 amide bonds. The molecule has 3 aromatic rings. The number of ether oxygens (including phenoxy) is 1. The molecule has 3 aromatic carbocycles. The number of methoxy groups -OCH3 is 1. The molecule has 226 valence electrons. The number of aryl methyl sites for hydroxylation is 1. The molecule has 11 nitrogen and oxygen atoms in total. The first kappa shape index (κ1) is 31.0. The maximum Gasteiger partial charge on any atom is 0.323 e. The van der Waals surface area contributed by atoms with E-state index in [-0.39, 0.29) is 24.5 Å². The number of rotatable bonds is 11. The number of piperidine rings is 1. The molecular formula is C32H37N5O6. The van der Waals surface area contributed by atoms with Crippen molar-refractivity contribution in [1.82, 2.24) is 10.6 Å². The van der Waals surface area contributed by atoms with Gasteiger partial charge in [0.2, 0.25) is 0 Å². The van der Waals surface area contributed by atoms with Gasteiger partial charge < -0.3 is 36.4 Å². The average molecular weight is 588 g/mol. The molecule has 6 N–H and O–H groups in total. The number of para-hydroxylation sites is 1. The van der Waals surface area contributed by atoms with Gasteiger partial charge in [-0.2, -0.15) is 0 Å². The molecule has 43 heavy (non-hydrogen) atoms. The number of Topliss-reactive ketones (excluding diaryl/α,β-unsaturated/α-hetero) is 1. The smallest absolute Gasteiger partial charge is 0.323 e. The summed E-state index contributed by atoms with van der Waals surface area (Å²) in [6, 6.07) is 17.4. The number of aliphatic carboxylic acids is 1. The molecule has 11 heteroatoms. The van der Waals surface area contributed by atoms with Crippen molar-refractivity contribution in [3.05, 3.63) is 83.4 Å². The second-order valence-corrected chi connectivity index (χ2v) is 10.5. The first-order valence-electron chi connectivity index (χ1n) is 14.1. The lowest BCUT2D eigenvalue weighted by Crippen LogP contribution is -2.52. The summed E-state index contributed by atoms with van der Waals surface area (Å²) in [6.45, 7) is 3.36. The Morgan fingerprint density at radius 3 is 2.30 bits per heavy atom. The average Bonchev–Trinajstić information content (AvgIpc) is 2.99. The molecular weight excluding hydrogens is 550 g/mol. The third-order valence-corrected chi connectivity index (χ3v) is 7.29. The minimum atomic E-state index is -0.937. The number of nitrogens with one attached hydrogen (secondary N) is 5. The molecule has 0 saturated carbocycles. The van der Waals surface area contributed by atoms with Gasteiger partial charge in [-0.3, -0.25) is 9.59 Å². The highest BCUT2D eigenvalue weighted by molar-refractivity contribution is 6.01. The topological polar surface area (TPSA) is 158 Å². The zero-order valence-corrected chi connectivity index (χ0v) is 24.2. The van der Waals surface area contributed by atoms with E-state index in [1.54, 1.807) is 42.5 Å². The zero-order valence-electron chi connectivity index (χ0n) is 24.2. The number of urea groups is 2. The van der Waals surface area contributed by atoms with Crippen molar-refractivity contribution in [2.45, 2.75) is 38.6 Å². The molecule has 0 aliphatic carbocycles. The summed E-state index contributed by atoms with van der Waals surface area (Å²) in [5.74, 6) is -0.773. The maximum absolute atomic E-state index is 13.6. The number of carbonyl (C=O) groups is 4. The summed E-state index contributed by atoms with van der Waals surface area (Å²) in [5.41, 5.74) is 3.84.